The number of non-ortho nitro benzene ring substituents is 1. The fraction of sp³-hybridized carbons (Fsp3) is 0.150. The summed E-state index contributed by atoms with van der Waals surface area (Å²) >= 11 is 0. The molecule has 2 aromatic carbocycles. The number of amides is 2. The van der Waals surface area contributed by atoms with E-state index in [4.69, 9.17) is 4.74 Å². The molecule has 28 heavy (non-hydrogen) atoms. The molecule has 1 aliphatic rings. The van der Waals surface area contributed by atoms with Gasteiger partial charge in [0.15, 0.2) is 5.78 Å². The molecule has 1 fully saturated rings. The Balaban J connectivity index is 1.96. The van der Waals surface area contributed by atoms with E-state index in [-0.39, 0.29) is 11.3 Å². The number of hydrogen-bond acceptors (Lipinski definition) is 6. The molecule has 3 rings (SSSR count). The fourth-order valence-corrected chi connectivity index (χ4v) is 2.90. The van der Waals surface area contributed by atoms with Crippen molar-refractivity contribution in [1.29, 1.82) is 0 Å². The van der Waals surface area contributed by atoms with Crippen molar-refractivity contribution in [1.82, 2.24) is 5.32 Å². The molecule has 2 aromatic rings. The predicted molar refractivity (Wildman–Crippen MR) is 99.6 cm³/mol. The molecule has 0 spiro atoms. The Hall–Kier alpha value is -3.81. The number of hydrogen-bond donors (Lipinski definition) is 1. The van der Waals surface area contributed by atoms with Crippen LogP contribution in [-0.4, -0.2) is 29.1 Å². The molecule has 142 valence electrons. The zero-order valence-corrected chi connectivity index (χ0v) is 14.9. The molecular formula is C20H16N2O6. The number of nitro groups is 1. The Morgan fingerprint density at radius 3 is 2.50 bits per heavy atom. The molecule has 0 aliphatic carbocycles. The van der Waals surface area contributed by atoms with E-state index in [0.717, 1.165) is 0 Å². The van der Waals surface area contributed by atoms with Crippen LogP contribution >= 0.6 is 0 Å². The van der Waals surface area contributed by atoms with Crippen LogP contribution in [0.15, 0.2) is 54.1 Å². The third-order valence-electron chi connectivity index (χ3n) is 4.19. The number of rotatable bonds is 5. The van der Waals surface area contributed by atoms with E-state index in [1.54, 1.807) is 24.3 Å². The van der Waals surface area contributed by atoms with Crippen molar-refractivity contribution in [2.45, 2.75) is 12.8 Å². The quantitative estimate of drug-likeness (QED) is 0.213. The zero-order valence-electron chi connectivity index (χ0n) is 14.9. The maximum atomic E-state index is 12.9. The zero-order chi connectivity index (χ0) is 20.3. The molecule has 1 aliphatic heterocycles. The first-order chi connectivity index (χ1) is 13.4. The molecule has 1 unspecified atom stereocenters. The van der Waals surface area contributed by atoms with Gasteiger partial charge in [-0.15, -0.1) is 0 Å². The molecule has 8 nitrogen and oxygen atoms in total. The Morgan fingerprint density at radius 1 is 1.14 bits per heavy atom. The highest BCUT2D eigenvalue weighted by molar-refractivity contribution is 6.36. The molecule has 0 bridgehead atoms. The highest BCUT2D eigenvalue weighted by Gasteiger charge is 2.39. The number of nitrogens with zero attached hydrogens (tertiary/aromatic N) is 1. The highest BCUT2D eigenvalue weighted by Crippen LogP contribution is 2.28. The molecule has 0 radical (unpaired) electrons. The fourth-order valence-electron chi connectivity index (χ4n) is 2.90. The van der Waals surface area contributed by atoms with E-state index in [2.05, 4.69) is 5.32 Å². The van der Waals surface area contributed by atoms with Gasteiger partial charge in [0.05, 0.1) is 17.1 Å². The lowest BCUT2D eigenvalue weighted by atomic mass is 9.85. The Bertz CT molecular complexity index is 994. The first kappa shape index (κ1) is 19.0. The standard InChI is InChI=1S/C20H16N2O6/c1-2-28-15-8-6-13(7-9-15)17-18(23)16(19(24)21-20(17)25)11-12-4-3-5-14(10-12)22(26)27/h3-11,17H,2H2,1H3,(H,21,24,25)/b16-11-. The number of nitro benzene ring substituents is 1. The normalized spacial score (nSPS) is 18.1. The van der Waals surface area contributed by atoms with Gasteiger partial charge in [-0.1, -0.05) is 24.3 Å². The summed E-state index contributed by atoms with van der Waals surface area (Å²) in [6, 6.07) is 12.0. The lowest BCUT2D eigenvalue weighted by molar-refractivity contribution is -0.384. The lowest BCUT2D eigenvalue weighted by Gasteiger charge is -2.22. The molecule has 0 aromatic heterocycles. The van der Waals surface area contributed by atoms with Crippen LogP contribution in [0.25, 0.3) is 6.08 Å². The third kappa shape index (κ3) is 3.80. The van der Waals surface area contributed by atoms with Crippen LogP contribution in [0, 0.1) is 10.1 Å². The minimum atomic E-state index is -1.18. The van der Waals surface area contributed by atoms with E-state index in [1.165, 1.54) is 30.3 Å². The number of carbonyl (C=O) groups excluding carboxylic acids is 3. The minimum Gasteiger partial charge on any atom is -0.494 e. The van der Waals surface area contributed by atoms with E-state index in [1.807, 2.05) is 6.92 Å². The Kier molecular flexibility index (Phi) is 5.30. The minimum absolute atomic E-state index is 0.169. The van der Waals surface area contributed by atoms with Gasteiger partial charge in [-0.05, 0) is 36.3 Å². The summed E-state index contributed by atoms with van der Waals surface area (Å²) in [5.41, 5.74) is 0.326. The monoisotopic (exact) mass is 380 g/mol. The number of carbonyl (C=O) groups is 3. The first-order valence-corrected chi connectivity index (χ1v) is 8.49. The molecule has 2 amide bonds. The van der Waals surface area contributed by atoms with Gasteiger partial charge < -0.3 is 4.74 Å². The summed E-state index contributed by atoms with van der Waals surface area (Å²) in [5, 5.41) is 13.1. The van der Waals surface area contributed by atoms with Crippen LogP contribution < -0.4 is 10.1 Å². The lowest BCUT2D eigenvalue weighted by Crippen LogP contribution is -2.46. The van der Waals surface area contributed by atoms with Gasteiger partial charge in [0.25, 0.3) is 11.6 Å². The number of imide groups is 1. The average molecular weight is 380 g/mol. The maximum Gasteiger partial charge on any atom is 0.270 e. The van der Waals surface area contributed by atoms with Gasteiger partial charge in [-0.3, -0.25) is 29.8 Å². The second-order valence-corrected chi connectivity index (χ2v) is 6.03. The summed E-state index contributed by atoms with van der Waals surface area (Å²) < 4.78 is 5.34. The van der Waals surface area contributed by atoms with Gasteiger partial charge >= 0.3 is 0 Å². The van der Waals surface area contributed by atoms with Gasteiger partial charge in [0, 0.05) is 12.1 Å². The van der Waals surface area contributed by atoms with Crippen molar-refractivity contribution in [3.05, 3.63) is 75.3 Å². The topological polar surface area (TPSA) is 116 Å². The number of nitrogens with one attached hydrogen (secondary N) is 1. The molecular weight excluding hydrogens is 364 g/mol. The average Bonchev–Trinajstić information content (AvgIpc) is 2.67. The van der Waals surface area contributed by atoms with E-state index >= 15 is 0 Å². The van der Waals surface area contributed by atoms with Gasteiger partial charge in [-0.25, -0.2) is 0 Å². The molecule has 1 atom stereocenters. The Morgan fingerprint density at radius 2 is 1.86 bits per heavy atom. The number of Topliss-reactive ketones (excluding diaryl/α,β-unsaturated/α-hetero) is 1. The number of piperidine rings is 1. The number of benzene rings is 2. The molecule has 8 heteroatoms. The van der Waals surface area contributed by atoms with Crippen molar-refractivity contribution in [3.63, 3.8) is 0 Å². The highest BCUT2D eigenvalue weighted by atomic mass is 16.6. The second-order valence-electron chi connectivity index (χ2n) is 6.03. The molecule has 1 saturated heterocycles. The van der Waals surface area contributed by atoms with E-state index in [9.17, 15) is 24.5 Å². The summed E-state index contributed by atoms with van der Waals surface area (Å²) in [6.07, 6.45) is 1.25. The van der Waals surface area contributed by atoms with Crippen molar-refractivity contribution in [2.24, 2.45) is 0 Å². The van der Waals surface area contributed by atoms with Crippen LogP contribution in [-0.2, 0) is 14.4 Å². The SMILES string of the molecule is CCOc1ccc(C2C(=O)NC(=O)/C(=C\c3cccc([N+](=O)[O-])c3)C2=O)cc1. The van der Waals surface area contributed by atoms with Crippen molar-refractivity contribution in [2.75, 3.05) is 6.61 Å². The van der Waals surface area contributed by atoms with Crippen molar-refractivity contribution < 1.29 is 24.0 Å². The largest absolute Gasteiger partial charge is 0.494 e. The van der Waals surface area contributed by atoms with Crippen LogP contribution in [0.5, 0.6) is 5.75 Å². The third-order valence-corrected chi connectivity index (χ3v) is 4.19. The van der Waals surface area contributed by atoms with Crippen LogP contribution in [0.3, 0.4) is 0 Å². The van der Waals surface area contributed by atoms with Crippen LogP contribution in [0.4, 0.5) is 5.69 Å². The maximum absolute atomic E-state index is 12.9. The summed E-state index contributed by atoms with van der Waals surface area (Å²) in [6.45, 7) is 2.31. The van der Waals surface area contributed by atoms with E-state index in [0.29, 0.717) is 23.5 Å². The van der Waals surface area contributed by atoms with Crippen molar-refractivity contribution in [3.8, 4) is 5.75 Å². The van der Waals surface area contributed by atoms with E-state index < -0.39 is 28.4 Å². The second kappa shape index (κ2) is 7.83. The molecule has 1 N–H and O–H groups in total. The van der Waals surface area contributed by atoms with Crippen molar-refractivity contribution >= 4 is 29.4 Å². The first-order valence-electron chi connectivity index (χ1n) is 8.49. The van der Waals surface area contributed by atoms with Crippen LogP contribution in [0.2, 0.25) is 0 Å². The Labute approximate surface area is 160 Å². The molecule has 0 saturated carbocycles. The van der Waals surface area contributed by atoms with Gasteiger partial charge in [-0.2, -0.15) is 0 Å². The van der Waals surface area contributed by atoms with Crippen LogP contribution in [0.1, 0.15) is 24.0 Å². The van der Waals surface area contributed by atoms with Gasteiger partial charge in [0.1, 0.15) is 11.7 Å². The predicted octanol–water partition coefficient (Wildman–Crippen LogP) is 2.39. The molecule has 1 heterocycles. The summed E-state index contributed by atoms with van der Waals surface area (Å²) in [7, 11) is 0. The van der Waals surface area contributed by atoms with Gasteiger partial charge in [0.2, 0.25) is 5.91 Å². The summed E-state index contributed by atoms with van der Waals surface area (Å²) in [5.74, 6) is -2.79. The summed E-state index contributed by atoms with van der Waals surface area (Å²) in [4.78, 5) is 47.7. The number of ether oxygens (including phenoxy) is 1. The number of ketones is 1. The smallest absolute Gasteiger partial charge is 0.270 e.